The second-order valence-electron chi connectivity index (χ2n) is 6.26. The minimum absolute atomic E-state index is 0.0631. The van der Waals surface area contributed by atoms with Gasteiger partial charge in [0.05, 0.1) is 6.54 Å². The molecular weight excluding hydrogens is 264 g/mol. The third-order valence-electron chi connectivity index (χ3n) is 4.00. The van der Waals surface area contributed by atoms with E-state index >= 15 is 0 Å². The number of nitrogens with zero attached hydrogens (tertiary/aromatic N) is 1. The topological polar surface area (TPSA) is 52.6 Å². The highest BCUT2D eigenvalue weighted by Crippen LogP contribution is 2.19. The smallest absolute Gasteiger partial charge is 0.317 e. The van der Waals surface area contributed by atoms with E-state index in [4.69, 9.17) is 5.11 Å². The van der Waals surface area contributed by atoms with Gasteiger partial charge in [0.1, 0.15) is 0 Å². The van der Waals surface area contributed by atoms with E-state index in [-0.39, 0.29) is 6.54 Å². The van der Waals surface area contributed by atoms with Crippen LogP contribution in [0.2, 0.25) is 0 Å². The van der Waals surface area contributed by atoms with Crippen LogP contribution in [0.15, 0.2) is 18.2 Å². The summed E-state index contributed by atoms with van der Waals surface area (Å²) in [5.41, 5.74) is 4.02. The molecule has 4 heteroatoms. The van der Waals surface area contributed by atoms with Gasteiger partial charge in [-0.25, -0.2) is 0 Å². The third kappa shape index (κ3) is 5.48. The van der Waals surface area contributed by atoms with Crippen molar-refractivity contribution in [1.29, 1.82) is 0 Å². The Kier molecular flexibility index (Phi) is 5.76. The Balaban J connectivity index is 1.84. The lowest BCUT2D eigenvalue weighted by Crippen LogP contribution is -2.40. The highest BCUT2D eigenvalue weighted by Gasteiger charge is 2.19. The van der Waals surface area contributed by atoms with Crippen LogP contribution in [0, 0.1) is 19.8 Å². The monoisotopic (exact) mass is 290 g/mol. The number of piperidine rings is 1. The summed E-state index contributed by atoms with van der Waals surface area (Å²) >= 11 is 0. The molecule has 1 aliphatic rings. The molecule has 1 saturated heterocycles. The van der Waals surface area contributed by atoms with E-state index in [0.29, 0.717) is 5.92 Å². The van der Waals surface area contributed by atoms with Gasteiger partial charge in [-0.3, -0.25) is 9.69 Å². The number of nitrogens with one attached hydrogen (secondary N) is 1. The number of hydrogen-bond donors (Lipinski definition) is 2. The maximum Gasteiger partial charge on any atom is 0.317 e. The summed E-state index contributed by atoms with van der Waals surface area (Å²) < 4.78 is 0. The second kappa shape index (κ2) is 7.57. The largest absolute Gasteiger partial charge is 0.480 e. The summed E-state index contributed by atoms with van der Waals surface area (Å²) in [6, 6.07) is 6.73. The molecule has 1 aromatic carbocycles. The standard InChI is InChI=1S/C17H26N2O2/c1-13-6-14(2)8-16(7-13)12-19-5-3-4-15(11-19)9-18-10-17(20)21/h6-8,15,18H,3-5,9-12H2,1-2H3,(H,20,21). The van der Waals surface area contributed by atoms with Crippen molar-refractivity contribution in [3.8, 4) is 0 Å². The van der Waals surface area contributed by atoms with Gasteiger partial charge in [0, 0.05) is 13.1 Å². The summed E-state index contributed by atoms with van der Waals surface area (Å²) in [6.07, 6.45) is 2.39. The van der Waals surface area contributed by atoms with Crippen LogP contribution in [-0.2, 0) is 11.3 Å². The van der Waals surface area contributed by atoms with Gasteiger partial charge in [-0.2, -0.15) is 0 Å². The summed E-state index contributed by atoms with van der Waals surface area (Å²) in [6.45, 7) is 8.35. The highest BCUT2D eigenvalue weighted by atomic mass is 16.4. The maximum atomic E-state index is 10.5. The predicted molar refractivity (Wildman–Crippen MR) is 84.4 cm³/mol. The molecule has 0 aliphatic carbocycles. The minimum atomic E-state index is -0.780. The van der Waals surface area contributed by atoms with Crippen molar-refractivity contribution in [1.82, 2.24) is 10.2 Å². The van der Waals surface area contributed by atoms with E-state index in [2.05, 4.69) is 42.3 Å². The summed E-state index contributed by atoms with van der Waals surface area (Å²) in [5.74, 6) is -0.220. The summed E-state index contributed by atoms with van der Waals surface area (Å²) in [5, 5.41) is 11.7. The van der Waals surface area contributed by atoms with Gasteiger partial charge in [-0.1, -0.05) is 29.3 Å². The highest BCUT2D eigenvalue weighted by molar-refractivity contribution is 5.68. The molecule has 1 unspecified atom stereocenters. The fraction of sp³-hybridized carbons (Fsp3) is 0.588. The molecule has 0 saturated carbocycles. The van der Waals surface area contributed by atoms with Crippen LogP contribution < -0.4 is 5.32 Å². The van der Waals surface area contributed by atoms with Crippen molar-refractivity contribution in [3.05, 3.63) is 34.9 Å². The molecule has 0 spiro atoms. The Morgan fingerprint density at radius 1 is 1.33 bits per heavy atom. The Bertz CT molecular complexity index is 467. The van der Waals surface area contributed by atoms with E-state index in [1.54, 1.807) is 0 Å². The van der Waals surface area contributed by atoms with Gasteiger partial charge in [0.15, 0.2) is 0 Å². The number of carboxylic acid groups (broad SMARTS) is 1. The van der Waals surface area contributed by atoms with Crippen molar-refractivity contribution in [2.75, 3.05) is 26.2 Å². The first-order valence-electron chi connectivity index (χ1n) is 7.75. The summed E-state index contributed by atoms with van der Waals surface area (Å²) in [4.78, 5) is 13.0. The van der Waals surface area contributed by atoms with Gasteiger partial charge in [0.2, 0.25) is 0 Å². The Hall–Kier alpha value is -1.39. The molecule has 1 atom stereocenters. The van der Waals surface area contributed by atoms with Crippen molar-refractivity contribution in [2.45, 2.75) is 33.2 Å². The zero-order valence-corrected chi connectivity index (χ0v) is 13.1. The second-order valence-corrected chi connectivity index (χ2v) is 6.26. The molecule has 0 amide bonds. The van der Waals surface area contributed by atoms with Crippen LogP contribution in [0.3, 0.4) is 0 Å². The zero-order chi connectivity index (χ0) is 15.2. The van der Waals surface area contributed by atoms with Gasteiger partial charge in [0.25, 0.3) is 0 Å². The van der Waals surface area contributed by atoms with E-state index in [1.807, 2.05) is 0 Å². The Labute approximate surface area is 127 Å². The molecule has 2 rings (SSSR count). The number of carbonyl (C=O) groups is 1. The fourth-order valence-corrected chi connectivity index (χ4v) is 3.26. The molecule has 116 valence electrons. The first kappa shape index (κ1) is 16.0. The van der Waals surface area contributed by atoms with Crippen molar-refractivity contribution in [2.24, 2.45) is 5.92 Å². The van der Waals surface area contributed by atoms with Gasteiger partial charge >= 0.3 is 5.97 Å². The normalized spacial score (nSPS) is 19.6. The van der Waals surface area contributed by atoms with Crippen molar-refractivity contribution < 1.29 is 9.90 Å². The molecule has 21 heavy (non-hydrogen) atoms. The molecule has 1 aliphatic heterocycles. The molecule has 4 nitrogen and oxygen atoms in total. The number of carboxylic acids is 1. The number of aryl methyl sites for hydroxylation is 2. The molecule has 1 fully saturated rings. The van der Waals surface area contributed by atoms with E-state index in [0.717, 1.165) is 26.2 Å². The van der Waals surface area contributed by atoms with Crippen LogP contribution in [-0.4, -0.2) is 42.2 Å². The maximum absolute atomic E-state index is 10.5. The van der Waals surface area contributed by atoms with Crippen LogP contribution in [0.5, 0.6) is 0 Å². The number of benzene rings is 1. The first-order chi connectivity index (χ1) is 10.0. The lowest BCUT2D eigenvalue weighted by Gasteiger charge is -2.33. The quantitative estimate of drug-likeness (QED) is 0.843. The van der Waals surface area contributed by atoms with Crippen molar-refractivity contribution in [3.63, 3.8) is 0 Å². The van der Waals surface area contributed by atoms with E-state index in [9.17, 15) is 4.79 Å². The van der Waals surface area contributed by atoms with Crippen LogP contribution in [0.1, 0.15) is 29.5 Å². The van der Waals surface area contributed by atoms with Gasteiger partial charge in [-0.15, -0.1) is 0 Å². The summed E-state index contributed by atoms with van der Waals surface area (Å²) in [7, 11) is 0. The molecule has 1 heterocycles. The molecule has 0 aromatic heterocycles. The molecule has 1 aromatic rings. The lowest BCUT2D eigenvalue weighted by molar-refractivity contribution is -0.136. The van der Waals surface area contributed by atoms with Crippen molar-refractivity contribution >= 4 is 5.97 Å². The molecular formula is C17H26N2O2. The van der Waals surface area contributed by atoms with E-state index < -0.39 is 5.97 Å². The van der Waals surface area contributed by atoms with Crippen LogP contribution in [0.25, 0.3) is 0 Å². The molecule has 2 N–H and O–H groups in total. The number of aliphatic carboxylic acids is 1. The first-order valence-corrected chi connectivity index (χ1v) is 7.75. The van der Waals surface area contributed by atoms with Crippen LogP contribution >= 0.6 is 0 Å². The average Bonchev–Trinajstić information content (AvgIpc) is 2.37. The molecule has 0 radical (unpaired) electrons. The van der Waals surface area contributed by atoms with E-state index in [1.165, 1.54) is 29.5 Å². The Morgan fingerprint density at radius 2 is 2.05 bits per heavy atom. The number of hydrogen-bond acceptors (Lipinski definition) is 3. The lowest BCUT2D eigenvalue weighted by atomic mass is 9.97. The third-order valence-corrected chi connectivity index (χ3v) is 4.00. The fourth-order valence-electron chi connectivity index (χ4n) is 3.26. The predicted octanol–water partition coefficient (Wildman–Crippen LogP) is 2.19. The van der Waals surface area contributed by atoms with Gasteiger partial charge < -0.3 is 10.4 Å². The zero-order valence-electron chi connectivity index (χ0n) is 13.1. The van der Waals surface area contributed by atoms with Gasteiger partial charge in [-0.05, 0) is 51.3 Å². The number of rotatable bonds is 6. The average molecular weight is 290 g/mol. The van der Waals surface area contributed by atoms with Crippen LogP contribution in [0.4, 0.5) is 0 Å². The molecule has 0 bridgehead atoms. The Morgan fingerprint density at radius 3 is 2.71 bits per heavy atom. The minimum Gasteiger partial charge on any atom is -0.480 e. The SMILES string of the molecule is Cc1cc(C)cc(CN2CCCC(CNCC(=O)O)C2)c1. The number of likely N-dealkylation sites (tertiary alicyclic amines) is 1.